The fourth-order valence-corrected chi connectivity index (χ4v) is 2.66. The highest BCUT2D eigenvalue weighted by Gasteiger charge is 2.18. The van der Waals surface area contributed by atoms with E-state index in [1.807, 2.05) is 6.07 Å². The molecule has 0 bridgehead atoms. The first-order chi connectivity index (χ1) is 12.0. The largest absolute Gasteiger partial charge is 0.493 e. The lowest BCUT2D eigenvalue weighted by molar-refractivity contribution is 0.0924. The lowest BCUT2D eigenvalue weighted by Gasteiger charge is -2.10. The van der Waals surface area contributed by atoms with Gasteiger partial charge in [0.2, 0.25) is 0 Å². The van der Waals surface area contributed by atoms with Gasteiger partial charge in [-0.15, -0.1) is 0 Å². The number of ether oxygens (including phenoxy) is 2. The summed E-state index contributed by atoms with van der Waals surface area (Å²) in [6.45, 7) is 2.03. The van der Waals surface area contributed by atoms with Crippen LogP contribution in [0.1, 0.15) is 21.7 Å². The fraction of sp³-hybridized carbons (Fsp3) is 0.211. The van der Waals surface area contributed by atoms with Crippen LogP contribution in [-0.2, 0) is 6.54 Å². The van der Waals surface area contributed by atoms with Crippen LogP contribution in [-0.4, -0.2) is 20.1 Å². The maximum atomic E-state index is 13.4. The molecule has 3 rings (SSSR count). The zero-order chi connectivity index (χ0) is 18.0. The molecule has 0 aliphatic carbocycles. The number of methoxy groups -OCH3 is 2. The summed E-state index contributed by atoms with van der Waals surface area (Å²) in [5.74, 6) is 0.663. The minimum absolute atomic E-state index is 0.182. The molecule has 0 spiro atoms. The molecule has 1 aromatic heterocycles. The standard InChI is InChI=1S/C19H18FNO4/c1-11-14-9-13(20)5-7-15(14)25-18(11)19(22)21-10-12-4-6-16(23-2)17(8-12)24-3/h4-9H,10H2,1-3H3,(H,21,22). The Morgan fingerprint density at radius 2 is 1.88 bits per heavy atom. The number of nitrogens with one attached hydrogen (secondary N) is 1. The van der Waals surface area contributed by atoms with Crippen LogP contribution >= 0.6 is 0 Å². The zero-order valence-electron chi connectivity index (χ0n) is 14.2. The molecule has 25 heavy (non-hydrogen) atoms. The Bertz CT molecular complexity index is 933. The van der Waals surface area contributed by atoms with Gasteiger partial charge in [0.25, 0.3) is 5.91 Å². The minimum Gasteiger partial charge on any atom is -0.493 e. The van der Waals surface area contributed by atoms with E-state index < -0.39 is 0 Å². The molecule has 1 heterocycles. The lowest BCUT2D eigenvalue weighted by atomic mass is 10.1. The number of fused-ring (bicyclic) bond motifs is 1. The maximum absolute atomic E-state index is 13.4. The van der Waals surface area contributed by atoms with Crippen molar-refractivity contribution in [3.63, 3.8) is 0 Å². The topological polar surface area (TPSA) is 60.7 Å². The van der Waals surface area contributed by atoms with Gasteiger partial charge in [0.05, 0.1) is 14.2 Å². The lowest BCUT2D eigenvalue weighted by Crippen LogP contribution is -2.23. The van der Waals surface area contributed by atoms with Gasteiger partial charge in [-0.05, 0) is 42.8 Å². The first kappa shape index (κ1) is 16.8. The van der Waals surface area contributed by atoms with E-state index in [-0.39, 0.29) is 17.5 Å². The second kappa shape index (κ2) is 6.84. The second-order valence-corrected chi connectivity index (χ2v) is 5.57. The summed E-state index contributed by atoms with van der Waals surface area (Å²) in [5, 5.41) is 3.39. The highest BCUT2D eigenvalue weighted by molar-refractivity contribution is 5.98. The number of carbonyl (C=O) groups is 1. The van der Waals surface area contributed by atoms with Crippen molar-refractivity contribution in [3.8, 4) is 11.5 Å². The van der Waals surface area contributed by atoms with Gasteiger partial charge in [-0.1, -0.05) is 6.07 Å². The Kier molecular flexibility index (Phi) is 4.61. The molecular weight excluding hydrogens is 325 g/mol. The molecule has 0 saturated heterocycles. The van der Waals surface area contributed by atoms with Crippen molar-refractivity contribution >= 4 is 16.9 Å². The van der Waals surface area contributed by atoms with E-state index in [2.05, 4.69) is 5.32 Å². The third kappa shape index (κ3) is 3.28. The van der Waals surface area contributed by atoms with Gasteiger partial charge in [0.1, 0.15) is 11.4 Å². The number of hydrogen-bond donors (Lipinski definition) is 1. The van der Waals surface area contributed by atoms with Gasteiger partial charge in [-0.3, -0.25) is 4.79 Å². The van der Waals surface area contributed by atoms with Crippen LogP contribution in [0.5, 0.6) is 11.5 Å². The Balaban J connectivity index is 1.78. The molecule has 1 amide bonds. The molecule has 0 aliphatic rings. The van der Waals surface area contributed by atoms with Gasteiger partial charge in [-0.25, -0.2) is 4.39 Å². The highest BCUT2D eigenvalue weighted by atomic mass is 19.1. The van der Waals surface area contributed by atoms with Crippen LogP contribution in [0.25, 0.3) is 11.0 Å². The van der Waals surface area contributed by atoms with Crippen LogP contribution in [0.4, 0.5) is 4.39 Å². The Morgan fingerprint density at radius 3 is 2.60 bits per heavy atom. The number of aryl methyl sites for hydroxylation is 1. The average Bonchev–Trinajstić information content (AvgIpc) is 2.95. The van der Waals surface area contributed by atoms with Crippen molar-refractivity contribution in [2.45, 2.75) is 13.5 Å². The summed E-state index contributed by atoms with van der Waals surface area (Å²) >= 11 is 0. The van der Waals surface area contributed by atoms with Gasteiger partial charge < -0.3 is 19.2 Å². The Morgan fingerprint density at radius 1 is 1.12 bits per heavy atom. The minimum atomic E-state index is -0.367. The Labute approximate surface area is 144 Å². The summed E-state index contributed by atoms with van der Waals surface area (Å²) in [6.07, 6.45) is 0. The van der Waals surface area contributed by atoms with Crippen molar-refractivity contribution in [1.29, 1.82) is 0 Å². The third-order valence-electron chi connectivity index (χ3n) is 4.01. The SMILES string of the molecule is COc1ccc(CNC(=O)c2oc3ccc(F)cc3c2C)cc1OC. The molecule has 0 fully saturated rings. The van der Waals surface area contributed by atoms with E-state index in [9.17, 15) is 9.18 Å². The first-order valence-corrected chi connectivity index (χ1v) is 7.71. The molecular formula is C19H18FNO4. The summed E-state index contributed by atoms with van der Waals surface area (Å²) in [4.78, 5) is 12.4. The monoisotopic (exact) mass is 343 g/mol. The first-order valence-electron chi connectivity index (χ1n) is 7.71. The highest BCUT2D eigenvalue weighted by Crippen LogP contribution is 2.28. The molecule has 0 radical (unpaired) electrons. The average molecular weight is 343 g/mol. The molecule has 1 N–H and O–H groups in total. The van der Waals surface area contributed by atoms with Crippen molar-refractivity contribution in [2.75, 3.05) is 14.2 Å². The molecule has 6 heteroatoms. The number of carbonyl (C=O) groups excluding carboxylic acids is 1. The molecule has 0 unspecified atom stereocenters. The van der Waals surface area contributed by atoms with Gasteiger partial charge in [0, 0.05) is 17.5 Å². The summed E-state index contributed by atoms with van der Waals surface area (Å²) in [5.41, 5.74) is 1.94. The number of halogens is 1. The number of hydrogen-bond acceptors (Lipinski definition) is 4. The summed E-state index contributed by atoms with van der Waals surface area (Å²) in [6, 6.07) is 9.58. The number of furan rings is 1. The van der Waals surface area contributed by atoms with Gasteiger partial charge in [-0.2, -0.15) is 0 Å². The molecule has 0 atom stereocenters. The zero-order valence-corrected chi connectivity index (χ0v) is 14.2. The molecule has 130 valence electrons. The van der Waals surface area contributed by atoms with Gasteiger partial charge >= 0.3 is 0 Å². The second-order valence-electron chi connectivity index (χ2n) is 5.57. The van der Waals surface area contributed by atoms with Crippen LogP contribution in [0.2, 0.25) is 0 Å². The summed E-state index contributed by atoms with van der Waals surface area (Å²) in [7, 11) is 3.11. The predicted molar refractivity (Wildman–Crippen MR) is 91.6 cm³/mol. The van der Waals surface area contributed by atoms with Gasteiger partial charge in [0.15, 0.2) is 17.3 Å². The van der Waals surface area contributed by atoms with E-state index >= 15 is 0 Å². The van der Waals surface area contributed by atoms with E-state index in [4.69, 9.17) is 13.9 Å². The van der Waals surface area contributed by atoms with Crippen LogP contribution in [0.15, 0.2) is 40.8 Å². The van der Waals surface area contributed by atoms with Crippen molar-refractivity contribution in [1.82, 2.24) is 5.32 Å². The van der Waals surface area contributed by atoms with E-state index in [1.165, 1.54) is 18.2 Å². The molecule has 2 aromatic carbocycles. The predicted octanol–water partition coefficient (Wildman–Crippen LogP) is 3.83. The normalized spacial score (nSPS) is 10.7. The van der Waals surface area contributed by atoms with Crippen molar-refractivity contribution < 1.29 is 23.1 Å². The molecule has 3 aromatic rings. The number of rotatable bonds is 5. The van der Waals surface area contributed by atoms with Crippen molar-refractivity contribution in [2.24, 2.45) is 0 Å². The van der Waals surface area contributed by atoms with Crippen LogP contribution < -0.4 is 14.8 Å². The van der Waals surface area contributed by atoms with E-state index in [0.717, 1.165) is 5.56 Å². The maximum Gasteiger partial charge on any atom is 0.287 e. The van der Waals surface area contributed by atoms with Crippen molar-refractivity contribution in [3.05, 3.63) is 59.1 Å². The van der Waals surface area contributed by atoms with E-state index in [1.54, 1.807) is 33.3 Å². The third-order valence-corrected chi connectivity index (χ3v) is 4.01. The van der Waals surface area contributed by atoms with E-state index in [0.29, 0.717) is 34.6 Å². The van der Waals surface area contributed by atoms with Crippen LogP contribution in [0, 0.1) is 12.7 Å². The number of amides is 1. The Hall–Kier alpha value is -3.02. The molecule has 0 aliphatic heterocycles. The quantitative estimate of drug-likeness (QED) is 0.765. The molecule has 5 nitrogen and oxygen atoms in total. The fourth-order valence-electron chi connectivity index (χ4n) is 2.66. The van der Waals surface area contributed by atoms with Crippen LogP contribution in [0.3, 0.4) is 0 Å². The summed E-state index contributed by atoms with van der Waals surface area (Å²) < 4.78 is 29.4. The number of benzene rings is 2. The molecule has 0 saturated carbocycles. The smallest absolute Gasteiger partial charge is 0.287 e.